The smallest absolute Gasteiger partial charge is 0.369 e. The average Bonchev–Trinajstić information content (AvgIpc) is 2.17. The third kappa shape index (κ3) is 2.47. The van der Waals surface area contributed by atoms with E-state index in [9.17, 15) is 9.59 Å². The fourth-order valence-electron chi connectivity index (χ4n) is 1.08. The van der Waals surface area contributed by atoms with Crippen LogP contribution >= 0.6 is 11.6 Å². The van der Waals surface area contributed by atoms with Crippen LogP contribution in [0.3, 0.4) is 0 Å². The van der Waals surface area contributed by atoms with Crippen molar-refractivity contribution in [3.05, 3.63) is 35.9 Å². The van der Waals surface area contributed by atoms with E-state index < -0.39 is 17.0 Å². The topological polar surface area (TPSA) is 63.6 Å². The third-order valence-corrected chi connectivity index (χ3v) is 2.16. The number of carbonyl (C=O) groups is 2. The molecule has 1 rings (SSSR count). The Hall–Kier alpha value is -1.55. The predicted molar refractivity (Wildman–Crippen MR) is 53.4 cm³/mol. The van der Waals surface area contributed by atoms with Crippen molar-refractivity contribution in [2.45, 2.75) is 12.0 Å². The number of hydrogen-bond donors (Lipinski definition) is 1. The molecule has 15 heavy (non-hydrogen) atoms. The van der Waals surface area contributed by atoms with Crippen molar-refractivity contribution < 1.29 is 19.4 Å². The van der Waals surface area contributed by atoms with Gasteiger partial charge in [0.05, 0.1) is 0 Å². The van der Waals surface area contributed by atoms with E-state index >= 15 is 0 Å². The Labute approximate surface area is 91.4 Å². The van der Waals surface area contributed by atoms with Crippen LogP contribution in [0, 0.1) is 0 Å². The molecule has 0 radical (unpaired) electrons. The van der Waals surface area contributed by atoms with Crippen LogP contribution in [0.2, 0.25) is 0 Å². The van der Waals surface area contributed by atoms with Crippen LogP contribution in [0.15, 0.2) is 30.3 Å². The molecule has 0 bridgehead atoms. The lowest BCUT2D eigenvalue weighted by Crippen LogP contribution is -2.34. The van der Waals surface area contributed by atoms with Crippen LogP contribution in [0.1, 0.15) is 12.5 Å². The maximum atomic E-state index is 10.9. The Morgan fingerprint density at radius 1 is 1.33 bits per heavy atom. The largest absolute Gasteiger partial charge is 0.477 e. The zero-order chi connectivity index (χ0) is 11.5. The van der Waals surface area contributed by atoms with Gasteiger partial charge in [0.1, 0.15) is 0 Å². The lowest BCUT2D eigenvalue weighted by atomic mass is 10.1. The van der Waals surface area contributed by atoms with Crippen LogP contribution in [0.4, 0.5) is 0 Å². The molecule has 1 N–H and O–H groups in total. The number of alkyl halides is 1. The molecular weight excluding hydrogens is 220 g/mol. The number of esters is 1. The Morgan fingerprint density at radius 2 is 1.87 bits per heavy atom. The highest BCUT2D eigenvalue weighted by atomic mass is 35.5. The second-order valence-electron chi connectivity index (χ2n) is 2.86. The molecule has 0 fully saturated rings. The van der Waals surface area contributed by atoms with Gasteiger partial charge in [-0.05, 0) is 0 Å². The number of rotatable bonds is 3. The predicted octanol–water partition coefficient (Wildman–Crippen LogP) is 1.73. The molecule has 0 amide bonds. The molecule has 1 aromatic carbocycles. The second-order valence-corrected chi connectivity index (χ2v) is 3.39. The minimum Gasteiger partial charge on any atom is -0.477 e. The summed E-state index contributed by atoms with van der Waals surface area (Å²) in [6, 6.07) is 7.88. The van der Waals surface area contributed by atoms with Gasteiger partial charge in [-0.2, -0.15) is 0 Å². The summed E-state index contributed by atoms with van der Waals surface area (Å²) in [4.78, 5) is 21.7. The summed E-state index contributed by atoms with van der Waals surface area (Å²) in [5, 5.41) is 6.78. The molecule has 0 heterocycles. The molecule has 80 valence electrons. The summed E-state index contributed by atoms with van der Waals surface area (Å²) >= 11 is 5.75. The van der Waals surface area contributed by atoms with Gasteiger partial charge in [0, 0.05) is 12.5 Å². The molecule has 0 aliphatic carbocycles. The Morgan fingerprint density at radius 3 is 2.27 bits per heavy atom. The van der Waals surface area contributed by atoms with Crippen LogP contribution in [-0.2, 0) is 19.4 Å². The standard InChI is InChI=1S/C10H9ClO4/c1-7(12)15-10(11,9(13)14)8-5-3-2-4-6-8/h2-6H,1H3,(H,13,14)/t10-/m0/s1. The number of aliphatic carboxylic acids is 1. The summed E-state index contributed by atoms with van der Waals surface area (Å²) in [5.41, 5.74) is 0.203. The van der Waals surface area contributed by atoms with Crippen LogP contribution in [-0.4, -0.2) is 17.0 Å². The van der Waals surface area contributed by atoms with Crippen molar-refractivity contribution in [3.63, 3.8) is 0 Å². The van der Waals surface area contributed by atoms with Crippen molar-refractivity contribution in [1.82, 2.24) is 0 Å². The SMILES string of the molecule is CC(=O)O[C@](Cl)(C(=O)O)c1ccccc1. The maximum Gasteiger partial charge on any atom is 0.369 e. The Balaban J connectivity index is 3.13. The first-order valence-electron chi connectivity index (χ1n) is 4.14. The molecule has 0 spiro atoms. The van der Waals surface area contributed by atoms with E-state index in [1.54, 1.807) is 18.2 Å². The van der Waals surface area contributed by atoms with Crippen molar-refractivity contribution in [2.75, 3.05) is 0 Å². The van der Waals surface area contributed by atoms with Crippen molar-refractivity contribution in [1.29, 1.82) is 0 Å². The molecule has 0 saturated heterocycles. The van der Waals surface area contributed by atoms with E-state index in [0.717, 1.165) is 6.92 Å². The van der Waals surface area contributed by atoms with Crippen molar-refractivity contribution in [2.24, 2.45) is 0 Å². The monoisotopic (exact) mass is 228 g/mol. The van der Waals surface area contributed by atoms with Gasteiger partial charge in [0.2, 0.25) is 0 Å². The van der Waals surface area contributed by atoms with Crippen molar-refractivity contribution in [3.8, 4) is 0 Å². The van der Waals surface area contributed by atoms with E-state index in [1.807, 2.05) is 0 Å². The number of hydrogen-bond acceptors (Lipinski definition) is 3. The fourth-order valence-corrected chi connectivity index (χ4v) is 1.31. The highest BCUT2D eigenvalue weighted by molar-refractivity contribution is 6.33. The molecule has 1 aromatic rings. The van der Waals surface area contributed by atoms with Gasteiger partial charge in [0.25, 0.3) is 0 Å². The van der Waals surface area contributed by atoms with E-state index in [-0.39, 0.29) is 5.56 Å². The minimum atomic E-state index is -2.15. The van der Waals surface area contributed by atoms with E-state index in [2.05, 4.69) is 4.74 Å². The number of carboxylic acids is 1. The number of carbonyl (C=O) groups excluding carboxylic acids is 1. The minimum absolute atomic E-state index is 0.203. The van der Waals surface area contributed by atoms with Gasteiger partial charge in [-0.1, -0.05) is 41.9 Å². The van der Waals surface area contributed by atoms with Gasteiger partial charge in [-0.3, -0.25) is 4.79 Å². The quantitative estimate of drug-likeness (QED) is 0.632. The molecule has 5 heteroatoms. The molecular formula is C10H9ClO4. The molecule has 4 nitrogen and oxygen atoms in total. The summed E-state index contributed by atoms with van der Waals surface area (Å²) in [5.74, 6) is -2.18. The molecule has 0 aromatic heterocycles. The van der Waals surface area contributed by atoms with Crippen LogP contribution in [0.25, 0.3) is 0 Å². The van der Waals surface area contributed by atoms with Crippen LogP contribution < -0.4 is 0 Å². The lowest BCUT2D eigenvalue weighted by molar-refractivity contribution is -0.168. The molecule has 0 unspecified atom stereocenters. The fraction of sp³-hybridized carbons (Fsp3) is 0.200. The zero-order valence-corrected chi connectivity index (χ0v) is 8.69. The van der Waals surface area contributed by atoms with E-state index in [0.29, 0.717) is 0 Å². The van der Waals surface area contributed by atoms with Gasteiger partial charge in [-0.25, -0.2) is 4.79 Å². The first-order valence-corrected chi connectivity index (χ1v) is 4.52. The number of benzene rings is 1. The highest BCUT2D eigenvalue weighted by Crippen LogP contribution is 2.30. The first kappa shape index (κ1) is 11.5. The Kier molecular flexibility index (Phi) is 3.31. The van der Waals surface area contributed by atoms with Crippen molar-refractivity contribution >= 4 is 23.5 Å². The van der Waals surface area contributed by atoms with Gasteiger partial charge in [0.15, 0.2) is 0 Å². The molecule has 0 aliphatic rings. The van der Waals surface area contributed by atoms with Crippen LogP contribution in [0.5, 0.6) is 0 Å². The zero-order valence-electron chi connectivity index (χ0n) is 7.94. The summed E-state index contributed by atoms with van der Waals surface area (Å²) in [6.45, 7) is 1.10. The molecule has 1 atom stereocenters. The second kappa shape index (κ2) is 4.31. The lowest BCUT2D eigenvalue weighted by Gasteiger charge is -2.21. The number of ether oxygens (including phenoxy) is 1. The van der Waals surface area contributed by atoms with E-state index in [4.69, 9.17) is 16.7 Å². The summed E-state index contributed by atoms with van der Waals surface area (Å²) in [7, 11) is 0. The summed E-state index contributed by atoms with van der Waals surface area (Å²) in [6.07, 6.45) is 0. The highest BCUT2D eigenvalue weighted by Gasteiger charge is 2.41. The average molecular weight is 229 g/mol. The van der Waals surface area contributed by atoms with Gasteiger partial charge in [-0.15, -0.1) is 0 Å². The third-order valence-electron chi connectivity index (χ3n) is 1.70. The first-order chi connectivity index (χ1) is 6.97. The van der Waals surface area contributed by atoms with E-state index in [1.165, 1.54) is 12.1 Å². The van der Waals surface area contributed by atoms with Gasteiger partial charge >= 0.3 is 17.0 Å². The maximum absolute atomic E-state index is 10.9. The molecule has 0 aliphatic heterocycles. The number of halogens is 1. The normalized spacial score (nSPS) is 14.0. The Bertz CT molecular complexity index is 376. The number of carboxylic acid groups (broad SMARTS) is 1. The van der Waals surface area contributed by atoms with Gasteiger partial charge < -0.3 is 9.84 Å². The summed E-state index contributed by atoms with van der Waals surface area (Å²) < 4.78 is 4.61. The molecule has 0 saturated carbocycles.